The quantitative estimate of drug-likeness (QED) is 0.624. The van der Waals surface area contributed by atoms with Crippen molar-refractivity contribution in [2.24, 2.45) is 0 Å². The molecule has 0 bridgehead atoms. The first-order valence-corrected chi connectivity index (χ1v) is 9.87. The van der Waals surface area contributed by atoms with E-state index in [0.717, 1.165) is 11.8 Å². The van der Waals surface area contributed by atoms with Gasteiger partial charge in [-0.25, -0.2) is 22.3 Å². The average molecular weight is 488 g/mol. The molecule has 8 nitrogen and oxygen atoms in total. The van der Waals surface area contributed by atoms with Gasteiger partial charge >= 0.3 is 6.03 Å². The summed E-state index contributed by atoms with van der Waals surface area (Å²) in [4.78, 5) is 20.6. The Morgan fingerprint density at radius 3 is 2.74 bits per heavy atom. The van der Waals surface area contributed by atoms with Gasteiger partial charge in [0, 0.05) is 45.1 Å². The number of rotatable bonds is 5. The largest absolute Gasteiger partial charge is 0.385 e. The van der Waals surface area contributed by atoms with Crippen molar-refractivity contribution < 1.29 is 55.4 Å². The third-order valence-electron chi connectivity index (χ3n) is 3.35. The Kier molecular flexibility index (Phi) is 8.82. The normalized spacial score (nSPS) is 13.5. The molecule has 2 heterocycles. The van der Waals surface area contributed by atoms with Crippen molar-refractivity contribution in [3.05, 3.63) is 41.2 Å². The molecule has 2 rings (SSSR count). The maximum absolute atomic E-state index is 13.5. The molecule has 27 heavy (non-hydrogen) atoms. The third kappa shape index (κ3) is 5.96. The second kappa shape index (κ2) is 9.93. The van der Waals surface area contributed by atoms with E-state index >= 15 is 0 Å². The minimum Gasteiger partial charge on any atom is -0.385 e. The Morgan fingerprint density at radius 1 is 1.48 bits per heavy atom. The number of anilines is 1. The van der Waals surface area contributed by atoms with E-state index in [0.29, 0.717) is 13.9 Å². The molecule has 1 radical (unpaired) electrons. The first kappa shape index (κ1) is 24.0. The van der Waals surface area contributed by atoms with Crippen LogP contribution in [0.5, 0.6) is 0 Å². The van der Waals surface area contributed by atoms with Crippen LogP contribution in [-0.2, 0) is 42.7 Å². The fourth-order valence-electron chi connectivity index (χ4n) is 1.95. The van der Waals surface area contributed by atoms with E-state index in [4.69, 9.17) is 0 Å². The van der Waals surface area contributed by atoms with Crippen molar-refractivity contribution in [3.8, 4) is 0 Å². The van der Waals surface area contributed by atoms with Gasteiger partial charge in [0.2, 0.25) is 0 Å². The van der Waals surface area contributed by atoms with E-state index in [1.54, 1.807) is 12.7 Å². The molecule has 2 N–H and O–H groups in total. The number of aliphatic hydroxyl groups excluding tert-OH is 1. The molecule has 2 aromatic rings. The molecule has 0 fully saturated rings. The fourth-order valence-corrected chi connectivity index (χ4v) is 4.49. The minimum atomic E-state index is -4.34. The summed E-state index contributed by atoms with van der Waals surface area (Å²) < 4.78 is 40.5. The number of halogens is 1. The van der Waals surface area contributed by atoms with Gasteiger partial charge < -0.3 is 20.0 Å². The second-order valence-electron chi connectivity index (χ2n) is 5.42. The second-order valence-corrected chi connectivity index (χ2v) is 8.11. The number of alkyl halides is 1. The number of urea groups is 1. The van der Waals surface area contributed by atoms with Crippen LogP contribution in [0, 0.1) is 13.1 Å². The molecule has 0 aromatic carbocycles. The van der Waals surface area contributed by atoms with Gasteiger partial charge in [-0.15, -0.1) is 6.07 Å². The van der Waals surface area contributed by atoms with Crippen molar-refractivity contribution in [2.45, 2.75) is 31.0 Å². The molecule has 0 aliphatic carbocycles. The first-order chi connectivity index (χ1) is 12.1. The number of nitrogens with zero attached hydrogens (tertiary/aromatic N) is 3. The maximum atomic E-state index is 13.5. The van der Waals surface area contributed by atoms with Crippen LogP contribution in [0.3, 0.4) is 0 Å². The van der Waals surface area contributed by atoms with Gasteiger partial charge in [0.25, 0.3) is 10.0 Å². The molecule has 0 saturated heterocycles. The van der Waals surface area contributed by atoms with Crippen molar-refractivity contribution in [3.63, 3.8) is 0 Å². The van der Waals surface area contributed by atoms with Crippen LogP contribution in [0.15, 0.2) is 28.9 Å². The molecule has 12 heteroatoms. The third-order valence-corrected chi connectivity index (χ3v) is 5.98. The van der Waals surface area contributed by atoms with Gasteiger partial charge in [-0.1, -0.05) is 33.1 Å². The number of nitrogens with one attached hydrogen (secondary N) is 1. The topological polar surface area (TPSA) is 112 Å². The molecule has 143 valence electrons. The number of carbonyl (C=O) groups excluding carboxylic acids is 1. The summed E-state index contributed by atoms with van der Waals surface area (Å²) in [5.74, 6) is 1.53. The number of amides is 2. The predicted molar refractivity (Wildman–Crippen MR) is 94.2 cm³/mol. The molecular formula is C15H17FN4O4PSY-. The molecule has 2 amide bonds. The van der Waals surface area contributed by atoms with Gasteiger partial charge in [0.05, 0.1) is 4.90 Å². The summed E-state index contributed by atoms with van der Waals surface area (Å²) in [5, 5.41) is 9.88. The van der Waals surface area contributed by atoms with Crippen LogP contribution in [-0.4, -0.2) is 42.7 Å². The number of hydrogen-bond donors (Lipinski definition) is 2. The monoisotopic (exact) mass is 488 g/mol. The maximum Gasteiger partial charge on any atom is 0.326 e. The van der Waals surface area contributed by atoms with Crippen molar-refractivity contribution in [2.75, 3.05) is 11.9 Å². The summed E-state index contributed by atoms with van der Waals surface area (Å²) in [7, 11) is -2.72. The Bertz CT molecular complexity index is 916. The van der Waals surface area contributed by atoms with E-state index < -0.39 is 28.3 Å². The molecule has 0 saturated carbocycles. The van der Waals surface area contributed by atoms with E-state index in [9.17, 15) is 22.7 Å². The van der Waals surface area contributed by atoms with Crippen LogP contribution in [0.2, 0.25) is 0 Å². The standard InChI is InChI=1S/C15H17FN4O4PS.Y/c1-9-6-7-17-14(18-9)20(3)15(22)19-26(23,24)11-5-4-8-25-13(11)12(21)10(2)16;/h4-6,8,10,12,21H,1-3H3,(H,19,22);/q-1;/t10-,12-;/m0./s1. The van der Waals surface area contributed by atoms with E-state index in [1.165, 1.54) is 25.2 Å². The fraction of sp³-hybridized carbons (Fsp3) is 0.333. The molecule has 0 spiro atoms. The Hall–Kier alpha value is -1.06. The van der Waals surface area contributed by atoms with Gasteiger partial charge in [0.1, 0.15) is 18.2 Å². The Labute approximate surface area is 183 Å². The molecule has 0 aliphatic heterocycles. The van der Waals surface area contributed by atoms with Gasteiger partial charge in [-0.3, -0.25) is 0 Å². The zero-order chi connectivity index (χ0) is 19.5. The summed E-state index contributed by atoms with van der Waals surface area (Å²) in [6, 6.07) is 3.15. The van der Waals surface area contributed by atoms with Crippen LogP contribution in [0.1, 0.15) is 24.0 Å². The van der Waals surface area contributed by atoms with Gasteiger partial charge in [-0.2, -0.15) is 0 Å². The smallest absolute Gasteiger partial charge is 0.326 e. The van der Waals surface area contributed by atoms with Crippen molar-refractivity contribution in [1.29, 1.82) is 0 Å². The minimum absolute atomic E-state index is 0. The Balaban J connectivity index is 0.00000364. The van der Waals surface area contributed by atoms with E-state index in [2.05, 4.69) is 16.2 Å². The average Bonchev–Trinajstić information content (AvgIpc) is 2.59. The number of aryl methyl sites for hydroxylation is 1. The number of hydrogen-bond acceptors (Lipinski definition) is 6. The van der Waals surface area contributed by atoms with Crippen LogP contribution >= 0.6 is 8.19 Å². The summed E-state index contributed by atoms with van der Waals surface area (Å²) in [6.07, 6.45) is -0.732. The van der Waals surface area contributed by atoms with E-state index in [-0.39, 0.29) is 48.8 Å². The first-order valence-electron chi connectivity index (χ1n) is 7.42. The van der Waals surface area contributed by atoms with Crippen LogP contribution in [0.4, 0.5) is 15.1 Å². The van der Waals surface area contributed by atoms with Gasteiger partial charge in [-0.05, 0) is 18.8 Å². The predicted octanol–water partition coefficient (Wildman–Crippen LogP) is 2.09. The summed E-state index contributed by atoms with van der Waals surface area (Å²) in [6.45, 7) is 2.79. The zero-order valence-electron chi connectivity index (χ0n) is 14.8. The number of sulfonamides is 1. The van der Waals surface area contributed by atoms with Crippen LogP contribution in [0.25, 0.3) is 0 Å². The molecule has 0 unspecified atom stereocenters. The van der Waals surface area contributed by atoms with E-state index in [1.807, 2.05) is 4.72 Å². The molecule has 0 aliphatic rings. The number of carbonyl (C=O) groups is 1. The summed E-state index contributed by atoms with van der Waals surface area (Å²) >= 11 is 0. The zero-order valence-corrected chi connectivity index (χ0v) is 19.3. The number of aromatic nitrogens is 2. The SMILES string of the molecule is Cc1c[c-]nc(N(C)C(=O)NS(=O)(=O)c2cccpc2[C@@H](O)[C@H](C)F)n1.[Y]. The summed E-state index contributed by atoms with van der Waals surface area (Å²) in [5.41, 5.74) is 0.548. The Morgan fingerprint density at radius 2 is 2.15 bits per heavy atom. The molecule has 2 aromatic heterocycles. The number of aliphatic hydroxyl groups is 1. The van der Waals surface area contributed by atoms with Crippen molar-refractivity contribution >= 4 is 30.2 Å². The van der Waals surface area contributed by atoms with Gasteiger partial charge in [0.15, 0.2) is 0 Å². The van der Waals surface area contributed by atoms with Crippen molar-refractivity contribution in [1.82, 2.24) is 14.7 Å². The molecule has 2 atom stereocenters. The molecular weight excluding hydrogens is 471 g/mol. The van der Waals surface area contributed by atoms with Crippen LogP contribution < -0.4 is 9.62 Å².